The van der Waals surface area contributed by atoms with Crippen LogP contribution in [-0.2, 0) is 0 Å². The van der Waals surface area contributed by atoms with Crippen molar-refractivity contribution in [2.45, 2.75) is 64.6 Å². The number of hydrogen-bond donors (Lipinski definition) is 2. The third-order valence-corrected chi connectivity index (χ3v) is 3.49. The molecular formula is C12H24O2. The number of aliphatic hydroxyl groups excluding tert-OH is 2. The largest absolute Gasteiger partial charge is 0.393 e. The van der Waals surface area contributed by atoms with E-state index in [1.165, 1.54) is 19.3 Å². The van der Waals surface area contributed by atoms with Crippen molar-refractivity contribution in [3.8, 4) is 0 Å². The maximum atomic E-state index is 9.35. The minimum atomic E-state index is -0.0197. The van der Waals surface area contributed by atoms with E-state index >= 15 is 0 Å². The van der Waals surface area contributed by atoms with Crippen LogP contribution in [0.2, 0.25) is 0 Å². The van der Waals surface area contributed by atoms with Crippen LogP contribution in [0.5, 0.6) is 0 Å². The van der Waals surface area contributed by atoms with E-state index in [4.69, 9.17) is 5.11 Å². The molecule has 3 atom stereocenters. The van der Waals surface area contributed by atoms with Gasteiger partial charge in [-0.05, 0) is 43.9 Å². The Labute approximate surface area is 87.3 Å². The van der Waals surface area contributed by atoms with Gasteiger partial charge in [0, 0.05) is 0 Å². The second kappa shape index (κ2) is 5.72. The Morgan fingerprint density at radius 2 is 1.50 bits per heavy atom. The first-order valence-corrected chi connectivity index (χ1v) is 5.95. The van der Waals surface area contributed by atoms with Crippen LogP contribution in [0.25, 0.3) is 0 Å². The van der Waals surface area contributed by atoms with E-state index in [2.05, 4.69) is 13.8 Å². The second-order valence-corrected chi connectivity index (χ2v) is 5.05. The summed E-state index contributed by atoms with van der Waals surface area (Å²) in [6.45, 7) is 4.35. The molecule has 2 fully saturated rings. The van der Waals surface area contributed by atoms with Gasteiger partial charge < -0.3 is 10.2 Å². The van der Waals surface area contributed by atoms with Gasteiger partial charge >= 0.3 is 0 Å². The summed E-state index contributed by atoms with van der Waals surface area (Å²) in [7, 11) is 0. The van der Waals surface area contributed by atoms with Crippen LogP contribution >= 0.6 is 0 Å². The zero-order valence-electron chi connectivity index (χ0n) is 9.45. The van der Waals surface area contributed by atoms with Crippen LogP contribution in [-0.4, -0.2) is 22.4 Å². The Morgan fingerprint density at radius 1 is 0.929 bits per heavy atom. The van der Waals surface area contributed by atoms with Gasteiger partial charge in [0.1, 0.15) is 0 Å². The molecule has 14 heavy (non-hydrogen) atoms. The summed E-state index contributed by atoms with van der Waals surface area (Å²) in [5, 5.41) is 17.8. The van der Waals surface area contributed by atoms with E-state index in [1.807, 2.05) is 0 Å². The standard InChI is InChI=1S/C8H16O.C4H8O/c1-6-3-4-7(2)8(9)5-6;5-4-2-1-3-4/h6-9H,3-5H2,1-2H3;4-5H,1-3H2. The SMILES string of the molecule is CC1CCC(C)C(O)C1.OC1CCC1. The lowest BCUT2D eigenvalue weighted by Gasteiger charge is -2.28. The Morgan fingerprint density at radius 3 is 1.79 bits per heavy atom. The summed E-state index contributed by atoms with van der Waals surface area (Å²) >= 11 is 0. The normalized spacial score (nSPS) is 38.1. The molecule has 0 heterocycles. The van der Waals surface area contributed by atoms with E-state index in [-0.39, 0.29) is 12.2 Å². The Hall–Kier alpha value is -0.0800. The lowest BCUT2D eigenvalue weighted by molar-refractivity contribution is 0.0577. The molecule has 2 heteroatoms. The summed E-state index contributed by atoms with van der Waals surface area (Å²) < 4.78 is 0. The Kier molecular flexibility index (Phi) is 4.90. The monoisotopic (exact) mass is 200 g/mol. The molecule has 0 amide bonds. The molecule has 0 aromatic rings. The van der Waals surface area contributed by atoms with E-state index in [0.29, 0.717) is 5.92 Å². The van der Waals surface area contributed by atoms with Gasteiger partial charge in [-0.15, -0.1) is 0 Å². The van der Waals surface area contributed by atoms with Crippen molar-refractivity contribution >= 4 is 0 Å². The summed E-state index contributed by atoms with van der Waals surface area (Å²) in [5.41, 5.74) is 0. The molecule has 0 aliphatic heterocycles. The maximum Gasteiger partial charge on any atom is 0.0568 e. The van der Waals surface area contributed by atoms with E-state index in [9.17, 15) is 5.11 Å². The number of aliphatic hydroxyl groups is 2. The van der Waals surface area contributed by atoms with Gasteiger partial charge in [-0.1, -0.05) is 20.3 Å². The third kappa shape index (κ3) is 3.97. The van der Waals surface area contributed by atoms with Crippen molar-refractivity contribution < 1.29 is 10.2 Å². The first-order valence-electron chi connectivity index (χ1n) is 5.95. The smallest absolute Gasteiger partial charge is 0.0568 e. The summed E-state index contributed by atoms with van der Waals surface area (Å²) in [6, 6.07) is 0. The zero-order chi connectivity index (χ0) is 10.6. The first kappa shape index (κ1) is 12.0. The molecule has 2 rings (SSSR count). The highest BCUT2D eigenvalue weighted by atomic mass is 16.3. The quantitative estimate of drug-likeness (QED) is 0.630. The molecule has 0 saturated heterocycles. The molecular weight excluding hydrogens is 176 g/mol. The molecule has 0 aromatic carbocycles. The molecule has 2 aliphatic carbocycles. The van der Waals surface area contributed by atoms with Crippen LogP contribution in [0.15, 0.2) is 0 Å². The molecule has 84 valence electrons. The maximum absolute atomic E-state index is 9.35. The van der Waals surface area contributed by atoms with Gasteiger partial charge in [0.25, 0.3) is 0 Å². The van der Waals surface area contributed by atoms with Gasteiger partial charge in [0.2, 0.25) is 0 Å². The van der Waals surface area contributed by atoms with Crippen LogP contribution in [0.4, 0.5) is 0 Å². The van der Waals surface area contributed by atoms with Crippen molar-refractivity contribution in [2.75, 3.05) is 0 Å². The molecule has 0 bridgehead atoms. The molecule has 0 radical (unpaired) electrons. The summed E-state index contributed by atoms with van der Waals surface area (Å²) in [5.74, 6) is 1.29. The Bertz CT molecular complexity index is 154. The predicted molar refractivity (Wildman–Crippen MR) is 58.0 cm³/mol. The fourth-order valence-corrected chi connectivity index (χ4v) is 1.89. The molecule has 3 unspecified atom stereocenters. The van der Waals surface area contributed by atoms with Crippen molar-refractivity contribution in [1.82, 2.24) is 0 Å². The lowest BCUT2D eigenvalue weighted by Crippen LogP contribution is -2.25. The van der Waals surface area contributed by atoms with Gasteiger partial charge in [0.15, 0.2) is 0 Å². The van der Waals surface area contributed by atoms with Crippen molar-refractivity contribution in [3.63, 3.8) is 0 Å². The van der Waals surface area contributed by atoms with Gasteiger partial charge in [0.05, 0.1) is 12.2 Å². The fraction of sp³-hybridized carbons (Fsp3) is 1.00. The van der Waals surface area contributed by atoms with Crippen molar-refractivity contribution in [2.24, 2.45) is 11.8 Å². The van der Waals surface area contributed by atoms with Gasteiger partial charge in [-0.2, -0.15) is 0 Å². The number of hydrogen-bond acceptors (Lipinski definition) is 2. The molecule has 2 nitrogen and oxygen atoms in total. The van der Waals surface area contributed by atoms with Gasteiger partial charge in [-0.25, -0.2) is 0 Å². The molecule has 2 aliphatic rings. The summed E-state index contributed by atoms with van der Waals surface area (Å²) in [6.07, 6.45) is 6.90. The predicted octanol–water partition coefficient (Wildman–Crippen LogP) is 2.33. The highest BCUT2D eigenvalue weighted by Gasteiger charge is 2.22. The van der Waals surface area contributed by atoms with E-state index in [0.717, 1.165) is 25.2 Å². The topological polar surface area (TPSA) is 40.5 Å². The average molecular weight is 200 g/mol. The number of rotatable bonds is 0. The highest BCUT2D eigenvalue weighted by molar-refractivity contribution is 4.74. The van der Waals surface area contributed by atoms with Crippen LogP contribution < -0.4 is 0 Å². The van der Waals surface area contributed by atoms with Crippen LogP contribution in [0.3, 0.4) is 0 Å². The highest BCUT2D eigenvalue weighted by Crippen LogP contribution is 2.27. The fourth-order valence-electron chi connectivity index (χ4n) is 1.89. The first-order chi connectivity index (χ1) is 6.59. The average Bonchev–Trinajstić information content (AvgIpc) is 2.10. The molecule has 2 saturated carbocycles. The molecule has 2 N–H and O–H groups in total. The molecule has 0 spiro atoms. The second-order valence-electron chi connectivity index (χ2n) is 5.05. The van der Waals surface area contributed by atoms with Crippen LogP contribution in [0.1, 0.15) is 52.4 Å². The van der Waals surface area contributed by atoms with Gasteiger partial charge in [-0.3, -0.25) is 0 Å². The Balaban J connectivity index is 0.000000165. The minimum absolute atomic E-state index is 0.0197. The van der Waals surface area contributed by atoms with E-state index in [1.54, 1.807) is 0 Å². The van der Waals surface area contributed by atoms with Crippen LogP contribution in [0, 0.1) is 11.8 Å². The summed E-state index contributed by atoms with van der Waals surface area (Å²) in [4.78, 5) is 0. The van der Waals surface area contributed by atoms with E-state index < -0.39 is 0 Å². The lowest BCUT2D eigenvalue weighted by atomic mass is 9.82. The zero-order valence-corrected chi connectivity index (χ0v) is 9.45. The van der Waals surface area contributed by atoms with Crippen molar-refractivity contribution in [3.05, 3.63) is 0 Å². The molecule has 0 aromatic heterocycles. The third-order valence-electron chi connectivity index (χ3n) is 3.49. The minimum Gasteiger partial charge on any atom is -0.393 e. The van der Waals surface area contributed by atoms with Crippen molar-refractivity contribution in [1.29, 1.82) is 0 Å².